The largest absolute Gasteiger partial charge is 0.324 e. The molecule has 1 nitrogen and oxygen atoms in total. The molecule has 0 spiro atoms. The first-order valence-corrected chi connectivity index (χ1v) is 6.65. The quantitative estimate of drug-likeness (QED) is 0.803. The summed E-state index contributed by atoms with van der Waals surface area (Å²) in [5, 5.41) is 0. The zero-order valence-electron chi connectivity index (χ0n) is 9.76. The predicted molar refractivity (Wildman–Crippen MR) is 65.5 cm³/mol. The third-order valence-corrected chi connectivity index (χ3v) is 5.15. The van der Waals surface area contributed by atoms with E-state index < -0.39 is 0 Å². The first kappa shape index (κ1) is 9.23. The zero-order chi connectivity index (χ0) is 10.8. The van der Waals surface area contributed by atoms with Gasteiger partial charge in [-0.1, -0.05) is 18.2 Å². The number of hydrogen-bond donors (Lipinski definition) is 1. The summed E-state index contributed by atoms with van der Waals surface area (Å²) < 4.78 is 0. The smallest absolute Gasteiger partial charge is 0.0253 e. The second-order valence-corrected chi connectivity index (χ2v) is 6.04. The zero-order valence-corrected chi connectivity index (χ0v) is 9.76. The minimum Gasteiger partial charge on any atom is -0.324 e. The molecule has 2 saturated carbocycles. The fourth-order valence-electron chi connectivity index (χ4n) is 3.84. The molecule has 3 aliphatic rings. The second-order valence-electron chi connectivity index (χ2n) is 6.04. The van der Waals surface area contributed by atoms with Crippen LogP contribution in [0.4, 0.5) is 0 Å². The lowest BCUT2D eigenvalue weighted by atomic mass is 9.82. The standard InChI is InChI=1S/C15H19N/c16-15(9-10-15)14(7-8-14)13-6-2-4-11-3-1-5-12(11)13/h2,4,6H,1,3,5,7-10,16H2. The first-order valence-electron chi connectivity index (χ1n) is 6.65. The fourth-order valence-corrected chi connectivity index (χ4v) is 3.84. The average Bonchev–Trinajstić information content (AvgIpc) is 3.18. The normalized spacial score (nSPS) is 27.6. The molecule has 0 radical (unpaired) electrons. The van der Waals surface area contributed by atoms with Crippen molar-refractivity contribution in [1.29, 1.82) is 0 Å². The van der Waals surface area contributed by atoms with Gasteiger partial charge in [0.2, 0.25) is 0 Å². The van der Waals surface area contributed by atoms with Gasteiger partial charge >= 0.3 is 0 Å². The molecule has 0 bridgehead atoms. The van der Waals surface area contributed by atoms with Gasteiger partial charge in [-0.3, -0.25) is 0 Å². The maximum atomic E-state index is 6.51. The van der Waals surface area contributed by atoms with Crippen LogP contribution in [0.25, 0.3) is 0 Å². The molecule has 4 rings (SSSR count). The van der Waals surface area contributed by atoms with E-state index in [0.29, 0.717) is 5.41 Å². The predicted octanol–water partition coefficient (Wildman–Crippen LogP) is 2.70. The lowest BCUT2D eigenvalue weighted by Crippen LogP contribution is -2.37. The molecule has 0 heterocycles. The molecule has 1 heteroatoms. The molecule has 1 aromatic rings. The van der Waals surface area contributed by atoms with Crippen molar-refractivity contribution in [3.63, 3.8) is 0 Å². The van der Waals surface area contributed by atoms with Gasteiger partial charge in [0.1, 0.15) is 0 Å². The third kappa shape index (κ3) is 1.00. The topological polar surface area (TPSA) is 26.0 Å². The Hall–Kier alpha value is -0.820. The van der Waals surface area contributed by atoms with Crippen LogP contribution < -0.4 is 5.73 Å². The Morgan fingerprint density at radius 2 is 1.81 bits per heavy atom. The van der Waals surface area contributed by atoms with E-state index in [9.17, 15) is 0 Å². The molecule has 3 aliphatic carbocycles. The van der Waals surface area contributed by atoms with Gasteiger partial charge < -0.3 is 5.73 Å². The summed E-state index contributed by atoms with van der Waals surface area (Å²) in [6.07, 6.45) is 9.09. The highest BCUT2D eigenvalue weighted by atomic mass is 14.9. The highest BCUT2D eigenvalue weighted by molar-refractivity contribution is 5.49. The molecule has 16 heavy (non-hydrogen) atoms. The van der Waals surface area contributed by atoms with E-state index in [2.05, 4.69) is 18.2 Å². The van der Waals surface area contributed by atoms with Crippen LogP contribution in [0.1, 0.15) is 48.8 Å². The summed E-state index contributed by atoms with van der Waals surface area (Å²) in [4.78, 5) is 0. The van der Waals surface area contributed by atoms with Crippen molar-refractivity contribution in [3.8, 4) is 0 Å². The molecule has 0 amide bonds. The Morgan fingerprint density at radius 3 is 2.50 bits per heavy atom. The molecule has 0 saturated heterocycles. The van der Waals surface area contributed by atoms with E-state index in [1.807, 2.05) is 0 Å². The van der Waals surface area contributed by atoms with Crippen molar-refractivity contribution in [2.45, 2.75) is 55.9 Å². The Morgan fingerprint density at radius 1 is 1.00 bits per heavy atom. The van der Waals surface area contributed by atoms with Crippen LogP contribution in [0.15, 0.2) is 18.2 Å². The van der Waals surface area contributed by atoms with E-state index in [1.54, 1.807) is 16.7 Å². The Kier molecular flexibility index (Phi) is 1.56. The molecule has 0 aliphatic heterocycles. The van der Waals surface area contributed by atoms with E-state index in [0.717, 1.165) is 0 Å². The molecule has 0 atom stereocenters. The summed E-state index contributed by atoms with van der Waals surface area (Å²) in [6.45, 7) is 0. The van der Waals surface area contributed by atoms with E-state index in [-0.39, 0.29) is 5.54 Å². The Bertz CT molecular complexity index is 453. The van der Waals surface area contributed by atoms with Gasteiger partial charge in [0, 0.05) is 11.0 Å². The number of benzene rings is 1. The van der Waals surface area contributed by atoms with Crippen molar-refractivity contribution in [2.75, 3.05) is 0 Å². The SMILES string of the molecule is NC1(C2(c3cccc4c3CCC4)CC2)CC1. The van der Waals surface area contributed by atoms with Crippen molar-refractivity contribution in [2.24, 2.45) is 5.73 Å². The molecular formula is C15H19N. The molecular weight excluding hydrogens is 194 g/mol. The highest BCUT2D eigenvalue weighted by Gasteiger charge is 2.64. The van der Waals surface area contributed by atoms with Crippen molar-refractivity contribution >= 4 is 0 Å². The van der Waals surface area contributed by atoms with Gasteiger partial charge in [-0.2, -0.15) is 0 Å². The maximum absolute atomic E-state index is 6.51. The highest BCUT2D eigenvalue weighted by Crippen LogP contribution is 2.64. The molecule has 1 aromatic carbocycles. The van der Waals surface area contributed by atoms with Crippen LogP contribution in [-0.2, 0) is 18.3 Å². The molecule has 2 N–H and O–H groups in total. The van der Waals surface area contributed by atoms with Crippen molar-refractivity contribution < 1.29 is 0 Å². The van der Waals surface area contributed by atoms with Crippen LogP contribution in [0.5, 0.6) is 0 Å². The number of rotatable bonds is 2. The van der Waals surface area contributed by atoms with E-state index >= 15 is 0 Å². The van der Waals surface area contributed by atoms with Crippen molar-refractivity contribution in [3.05, 3.63) is 34.9 Å². The summed E-state index contributed by atoms with van der Waals surface area (Å²) in [5.74, 6) is 0. The maximum Gasteiger partial charge on any atom is 0.0253 e. The molecule has 0 aromatic heterocycles. The number of nitrogens with two attached hydrogens (primary N) is 1. The van der Waals surface area contributed by atoms with Gasteiger partial charge in [-0.05, 0) is 61.6 Å². The second kappa shape index (κ2) is 2.70. The third-order valence-electron chi connectivity index (χ3n) is 5.15. The van der Waals surface area contributed by atoms with Crippen LogP contribution >= 0.6 is 0 Å². The molecule has 84 valence electrons. The minimum absolute atomic E-state index is 0.171. The van der Waals surface area contributed by atoms with Gasteiger partial charge in [0.25, 0.3) is 0 Å². The van der Waals surface area contributed by atoms with Gasteiger partial charge in [0.05, 0.1) is 0 Å². The van der Waals surface area contributed by atoms with Crippen LogP contribution in [0.2, 0.25) is 0 Å². The number of hydrogen-bond acceptors (Lipinski definition) is 1. The van der Waals surface area contributed by atoms with E-state index in [4.69, 9.17) is 5.73 Å². The van der Waals surface area contributed by atoms with Gasteiger partial charge in [0.15, 0.2) is 0 Å². The van der Waals surface area contributed by atoms with Crippen LogP contribution in [-0.4, -0.2) is 5.54 Å². The Balaban J connectivity index is 1.86. The monoisotopic (exact) mass is 213 g/mol. The number of aryl methyl sites for hydroxylation is 1. The van der Waals surface area contributed by atoms with Crippen LogP contribution in [0.3, 0.4) is 0 Å². The summed E-state index contributed by atoms with van der Waals surface area (Å²) >= 11 is 0. The average molecular weight is 213 g/mol. The summed E-state index contributed by atoms with van der Waals surface area (Å²) in [6, 6.07) is 6.94. The van der Waals surface area contributed by atoms with Crippen LogP contribution in [0, 0.1) is 0 Å². The minimum atomic E-state index is 0.171. The fraction of sp³-hybridized carbons (Fsp3) is 0.600. The summed E-state index contributed by atoms with van der Waals surface area (Å²) in [7, 11) is 0. The molecule has 0 unspecified atom stereocenters. The lowest BCUT2D eigenvalue weighted by molar-refractivity contribution is 0.500. The summed E-state index contributed by atoms with van der Waals surface area (Å²) in [5.41, 5.74) is 12.0. The van der Waals surface area contributed by atoms with Gasteiger partial charge in [-0.25, -0.2) is 0 Å². The lowest BCUT2D eigenvalue weighted by Gasteiger charge is -2.26. The van der Waals surface area contributed by atoms with Crippen molar-refractivity contribution in [1.82, 2.24) is 0 Å². The Labute approximate surface area is 97.0 Å². The van der Waals surface area contributed by atoms with E-state index in [1.165, 1.54) is 44.9 Å². The molecule has 2 fully saturated rings. The number of fused-ring (bicyclic) bond motifs is 1. The van der Waals surface area contributed by atoms with Gasteiger partial charge in [-0.15, -0.1) is 0 Å². The first-order chi connectivity index (χ1) is 7.75.